The van der Waals surface area contributed by atoms with Gasteiger partial charge in [0.2, 0.25) is 0 Å². The summed E-state index contributed by atoms with van der Waals surface area (Å²) in [5.74, 6) is 2.51. The molecular formula is C16H25N5. The van der Waals surface area contributed by atoms with E-state index < -0.39 is 0 Å². The molecule has 0 spiro atoms. The summed E-state index contributed by atoms with van der Waals surface area (Å²) in [5, 5.41) is 6.64. The van der Waals surface area contributed by atoms with Crippen LogP contribution in [0.3, 0.4) is 0 Å². The summed E-state index contributed by atoms with van der Waals surface area (Å²) in [4.78, 5) is 8.89. The molecule has 0 aliphatic rings. The van der Waals surface area contributed by atoms with Crippen LogP contribution in [0, 0.1) is 5.92 Å². The van der Waals surface area contributed by atoms with E-state index in [1.807, 2.05) is 25.2 Å². The quantitative estimate of drug-likeness (QED) is 0.655. The zero-order chi connectivity index (χ0) is 15.2. The third-order valence-electron chi connectivity index (χ3n) is 3.53. The van der Waals surface area contributed by atoms with Crippen LogP contribution in [0.25, 0.3) is 11.0 Å². The zero-order valence-corrected chi connectivity index (χ0v) is 13.3. The molecule has 1 heterocycles. The Kier molecular flexibility index (Phi) is 5.20. The van der Waals surface area contributed by atoms with Crippen molar-refractivity contribution in [2.75, 3.05) is 13.6 Å². The fraction of sp³-hybridized carbons (Fsp3) is 0.500. The van der Waals surface area contributed by atoms with E-state index in [1.165, 1.54) is 0 Å². The minimum atomic E-state index is 0.659. The van der Waals surface area contributed by atoms with Crippen LogP contribution in [-0.4, -0.2) is 29.1 Å². The van der Waals surface area contributed by atoms with Crippen molar-refractivity contribution in [1.82, 2.24) is 20.2 Å². The number of nitrogens with one attached hydrogen (secondary N) is 2. The molecule has 0 bridgehead atoms. The minimum Gasteiger partial charge on any atom is -0.356 e. The highest BCUT2D eigenvalue weighted by Gasteiger charge is 2.07. The molecule has 0 aliphatic carbocycles. The molecule has 0 fully saturated rings. The predicted molar refractivity (Wildman–Crippen MR) is 88.4 cm³/mol. The zero-order valence-electron chi connectivity index (χ0n) is 13.3. The van der Waals surface area contributed by atoms with Gasteiger partial charge >= 0.3 is 0 Å². The largest absolute Gasteiger partial charge is 0.356 e. The number of aliphatic imine (C=N–C) groups is 1. The maximum absolute atomic E-state index is 4.64. The van der Waals surface area contributed by atoms with E-state index in [0.29, 0.717) is 12.5 Å². The molecule has 2 N–H and O–H groups in total. The van der Waals surface area contributed by atoms with E-state index >= 15 is 0 Å². The molecule has 2 rings (SSSR count). The first kappa shape index (κ1) is 15.4. The predicted octanol–water partition coefficient (Wildman–Crippen LogP) is 2.28. The van der Waals surface area contributed by atoms with Crippen LogP contribution in [-0.2, 0) is 13.6 Å². The number of rotatable bonds is 5. The lowest BCUT2D eigenvalue weighted by atomic mass is 10.1. The van der Waals surface area contributed by atoms with Gasteiger partial charge in [-0.3, -0.25) is 4.99 Å². The van der Waals surface area contributed by atoms with Crippen molar-refractivity contribution in [2.45, 2.75) is 26.8 Å². The Morgan fingerprint density at radius 2 is 2.05 bits per heavy atom. The highest BCUT2D eigenvalue weighted by atomic mass is 15.2. The normalized spacial score (nSPS) is 12.1. The Balaban J connectivity index is 1.95. The molecule has 0 atom stereocenters. The van der Waals surface area contributed by atoms with Crippen LogP contribution in [0.2, 0.25) is 0 Å². The van der Waals surface area contributed by atoms with Gasteiger partial charge in [0.1, 0.15) is 5.82 Å². The fourth-order valence-electron chi connectivity index (χ4n) is 2.22. The molecule has 5 heteroatoms. The van der Waals surface area contributed by atoms with Crippen LogP contribution >= 0.6 is 0 Å². The van der Waals surface area contributed by atoms with Gasteiger partial charge in [0.15, 0.2) is 5.96 Å². The van der Waals surface area contributed by atoms with Crippen LogP contribution in [0.4, 0.5) is 0 Å². The average Bonchev–Trinajstić information content (AvgIpc) is 2.79. The van der Waals surface area contributed by atoms with Crippen LogP contribution in [0.15, 0.2) is 29.3 Å². The number of hydrogen-bond acceptors (Lipinski definition) is 2. The summed E-state index contributed by atoms with van der Waals surface area (Å²) in [6.07, 6.45) is 1.13. The third kappa shape index (κ3) is 3.97. The molecular weight excluding hydrogens is 262 g/mol. The highest BCUT2D eigenvalue weighted by molar-refractivity contribution is 5.80. The summed E-state index contributed by atoms with van der Waals surface area (Å²) < 4.78 is 2.11. The van der Waals surface area contributed by atoms with Gasteiger partial charge in [0.25, 0.3) is 0 Å². The van der Waals surface area contributed by atoms with E-state index in [9.17, 15) is 0 Å². The number of imidazole rings is 1. The van der Waals surface area contributed by atoms with Crippen molar-refractivity contribution in [3.63, 3.8) is 0 Å². The Morgan fingerprint density at radius 1 is 1.29 bits per heavy atom. The van der Waals surface area contributed by atoms with Gasteiger partial charge in [0, 0.05) is 20.6 Å². The molecule has 2 aromatic rings. The molecule has 114 valence electrons. The van der Waals surface area contributed by atoms with E-state index in [-0.39, 0.29) is 0 Å². The molecule has 1 aromatic heterocycles. The first-order valence-corrected chi connectivity index (χ1v) is 7.46. The summed E-state index contributed by atoms with van der Waals surface area (Å²) >= 11 is 0. The van der Waals surface area contributed by atoms with Gasteiger partial charge < -0.3 is 15.2 Å². The lowest BCUT2D eigenvalue weighted by Gasteiger charge is -2.12. The lowest BCUT2D eigenvalue weighted by molar-refractivity contribution is 0.573. The number of aromatic nitrogens is 2. The molecule has 0 radical (unpaired) electrons. The van der Waals surface area contributed by atoms with Gasteiger partial charge in [-0.2, -0.15) is 0 Å². The van der Waals surface area contributed by atoms with Crippen molar-refractivity contribution in [3.05, 3.63) is 30.1 Å². The molecule has 21 heavy (non-hydrogen) atoms. The molecule has 5 nitrogen and oxygen atoms in total. The summed E-state index contributed by atoms with van der Waals surface area (Å²) in [5.41, 5.74) is 2.18. The van der Waals surface area contributed by atoms with E-state index in [0.717, 1.165) is 35.8 Å². The minimum absolute atomic E-state index is 0.659. The number of aryl methyl sites for hydroxylation is 1. The van der Waals surface area contributed by atoms with Crippen LogP contribution in [0.5, 0.6) is 0 Å². The monoisotopic (exact) mass is 287 g/mol. The van der Waals surface area contributed by atoms with Gasteiger partial charge in [-0.1, -0.05) is 26.0 Å². The van der Waals surface area contributed by atoms with Crippen molar-refractivity contribution in [3.8, 4) is 0 Å². The van der Waals surface area contributed by atoms with Crippen LogP contribution in [0.1, 0.15) is 26.1 Å². The summed E-state index contributed by atoms with van der Waals surface area (Å²) in [6, 6.07) is 8.17. The second-order valence-corrected chi connectivity index (χ2v) is 5.61. The molecule has 0 unspecified atom stereocenters. The first-order chi connectivity index (χ1) is 10.1. The summed E-state index contributed by atoms with van der Waals surface area (Å²) in [6.45, 7) is 6.03. The Hall–Kier alpha value is -2.04. The molecule has 0 aliphatic heterocycles. The topological polar surface area (TPSA) is 54.2 Å². The second kappa shape index (κ2) is 7.11. The average molecular weight is 287 g/mol. The van der Waals surface area contributed by atoms with E-state index in [2.05, 4.69) is 45.1 Å². The van der Waals surface area contributed by atoms with Gasteiger partial charge in [-0.05, 0) is 24.5 Å². The number of hydrogen-bond donors (Lipinski definition) is 2. The number of benzene rings is 1. The van der Waals surface area contributed by atoms with Crippen molar-refractivity contribution >= 4 is 17.0 Å². The van der Waals surface area contributed by atoms with Crippen LogP contribution < -0.4 is 10.6 Å². The first-order valence-electron chi connectivity index (χ1n) is 7.46. The van der Waals surface area contributed by atoms with Crippen molar-refractivity contribution in [2.24, 2.45) is 18.0 Å². The highest BCUT2D eigenvalue weighted by Crippen LogP contribution is 2.13. The summed E-state index contributed by atoms with van der Waals surface area (Å²) in [7, 11) is 3.83. The molecule has 0 saturated heterocycles. The van der Waals surface area contributed by atoms with E-state index in [1.54, 1.807) is 7.05 Å². The molecule has 1 aromatic carbocycles. The Bertz CT molecular complexity index is 612. The third-order valence-corrected chi connectivity index (χ3v) is 3.53. The van der Waals surface area contributed by atoms with Gasteiger partial charge in [-0.25, -0.2) is 4.98 Å². The number of para-hydroxylation sites is 2. The lowest BCUT2D eigenvalue weighted by Crippen LogP contribution is -2.38. The second-order valence-electron chi connectivity index (χ2n) is 5.61. The van der Waals surface area contributed by atoms with E-state index in [4.69, 9.17) is 0 Å². The molecule has 0 saturated carbocycles. The Morgan fingerprint density at radius 3 is 2.71 bits per heavy atom. The maximum atomic E-state index is 4.64. The number of guanidine groups is 1. The Labute approximate surface area is 126 Å². The molecule has 0 amide bonds. The fourth-order valence-corrected chi connectivity index (χ4v) is 2.22. The van der Waals surface area contributed by atoms with Gasteiger partial charge in [0.05, 0.1) is 17.6 Å². The number of fused-ring (bicyclic) bond motifs is 1. The standard InChI is InChI=1S/C16H25N5/c1-12(2)9-10-18-16(17-3)19-11-15-20-13-7-5-6-8-14(13)21(15)4/h5-8,12H,9-11H2,1-4H3,(H2,17,18,19). The maximum Gasteiger partial charge on any atom is 0.191 e. The van der Waals surface area contributed by atoms with Gasteiger partial charge in [-0.15, -0.1) is 0 Å². The smallest absolute Gasteiger partial charge is 0.191 e. The van der Waals surface area contributed by atoms with Crippen molar-refractivity contribution < 1.29 is 0 Å². The SMILES string of the molecule is CN=C(NCCC(C)C)NCc1nc2ccccc2n1C. The van der Waals surface area contributed by atoms with Crippen molar-refractivity contribution in [1.29, 1.82) is 0 Å². The number of nitrogens with zero attached hydrogens (tertiary/aromatic N) is 3.